The van der Waals surface area contributed by atoms with Crippen LogP contribution in [-0.4, -0.2) is 55.0 Å². The standard InChI is InChI=1S/C19H21F2N3O4/c1-22-7-11-8-23(4-5-28-11)17-14(20)6-12-16(15(17)21)24(10-2-3-10)9-13(18(12)25)19(26)27/h6,9-11,22H,2-5,7-8H2,1H3,(H,26,27)/t11-/m0/s1. The molecule has 0 radical (unpaired) electrons. The summed E-state index contributed by atoms with van der Waals surface area (Å²) in [7, 11) is 1.77. The molecule has 1 saturated heterocycles. The number of halogens is 2. The van der Waals surface area contributed by atoms with Gasteiger partial charge in [-0.25, -0.2) is 13.6 Å². The zero-order valence-corrected chi connectivity index (χ0v) is 15.4. The Morgan fingerprint density at radius 1 is 1.39 bits per heavy atom. The number of carboxylic acids is 1. The number of aromatic carboxylic acids is 1. The molecule has 4 rings (SSSR count). The molecule has 2 aromatic rings. The van der Waals surface area contributed by atoms with Crippen LogP contribution in [-0.2, 0) is 4.74 Å². The van der Waals surface area contributed by atoms with Crippen LogP contribution in [0.1, 0.15) is 29.2 Å². The number of pyridine rings is 1. The Bertz CT molecular complexity index is 1000. The van der Waals surface area contributed by atoms with Gasteiger partial charge in [-0.15, -0.1) is 0 Å². The first-order valence-corrected chi connectivity index (χ1v) is 9.23. The van der Waals surface area contributed by atoms with Gasteiger partial charge in [0.2, 0.25) is 5.43 Å². The van der Waals surface area contributed by atoms with Crippen LogP contribution < -0.4 is 15.6 Å². The Morgan fingerprint density at radius 2 is 2.14 bits per heavy atom. The molecule has 0 spiro atoms. The van der Waals surface area contributed by atoms with Crippen molar-refractivity contribution >= 4 is 22.6 Å². The maximum Gasteiger partial charge on any atom is 0.341 e. The minimum atomic E-state index is -1.41. The van der Waals surface area contributed by atoms with Gasteiger partial charge in [0.05, 0.1) is 23.6 Å². The number of anilines is 1. The number of likely N-dealkylation sites (N-methyl/N-ethyl adjacent to an activating group) is 1. The third-order valence-corrected chi connectivity index (χ3v) is 5.24. The van der Waals surface area contributed by atoms with Crippen molar-refractivity contribution in [3.8, 4) is 0 Å². The summed E-state index contributed by atoms with van der Waals surface area (Å²) in [6.07, 6.45) is 2.47. The van der Waals surface area contributed by atoms with Crippen LogP contribution in [0.4, 0.5) is 14.5 Å². The van der Waals surface area contributed by atoms with Crippen LogP contribution in [0.15, 0.2) is 17.1 Å². The average Bonchev–Trinajstić information content (AvgIpc) is 3.48. The number of carboxylic acid groups (broad SMARTS) is 1. The van der Waals surface area contributed by atoms with E-state index < -0.39 is 28.6 Å². The minimum absolute atomic E-state index is 0.0365. The van der Waals surface area contributed by atoms with E-state index in [4.69, 9.17) is 4.74 Å². The molecule has 2 heterocycles. The second-order valence-corrected chi connectivity index (χ2v) is 7.23. The molecule has 1 aromatic heterocycles. The summed E-state index contributed by atoms with van der Waals surface area (Å²) in [4.78, 5) is 25.5. The number of nitrogens with zero attached hydrogens (tertiary/aromatic N) is 2. The van der Waals surface area contributed by atoms with Crippen molar-refractivity contribution in [2.24, 2.45) is 0 Å². The van der Waals surface area contributed by atoms with Crippen LogP contribution in [0.5, 0.6) is 0 Å². The van der Waals surface area contributed by atoms with Crippen molar-refractivity contribution in [1.29, 1.82) is 0 Å². The van der Waals surface area contributed by atoms with Crippen molar-refractivity contribution in [2.45, 2.75) is 25.0 Å². The van der Waals surface area contributed by atoms with Crippen LogP contribution in [0.3, 0.4) is 0 Å². The van der Waals surface area contributed by atoms with E-state index in [0.717, 1.165) is 18.9 Å². The van der Waals surface area contributed by atoms with E-state index in [0.29, 0.717) is 26.2 Å². The van der Waals surface area contributed by atoms with E-state index in [2.05, 4.69) is 5.32 Å². The smallest absolute Gasteiger partial charge is 0.341 e. The fourth-order valence-electron chi connectivity index (χ4n) is 3.79. The highest BCUT2D eigenvalue weighted by atomic mass is 19.1. The fourth-order valence-corrected chi connectivity index (χ4v) is 3.79. The normalized spacial score (nSPS) is 20.0. The summed E-state index contributed by atoms with van der Waals surface area (Å²) >= 11 is 0. The summed E-state index contributed by atoms with van der Waals surface area (Å²) in [5.74, 6) is -3.12. The number of nitrogens with one attached hydrogen (secondary N) is 1. The number of ether oxygens (including phenoxy) is 1. The van der Waals surface area contributed by atoms with Gasteiger partial charge < -0.3 is 24.6 Å². The summed E-state index contributed by atoms with van der Waals surface area (Å²) in [6, 6.07) is 0.875. The third kappa shape index (κ3) is 3.14. The van der Waals surface area contributed by atoms with Crippen LogP contribution in [0, 0.1) is 11.6 Å². The molecule has 2 N–H and O–H groups in total. The molecule has 1 atom stereocenters. The molecule has 1 aliphatic carbocycles. The highest BCUT2D eigenvalue weighted by Crippen LogP contribution is 2.39. The largest absolute Gasteiger partial charge is 0.477 e. The van der Waals surface area contributed by atoms with Crippen molar-refractivity contribution < 1.29 is 23.4 Å². The van der Waals surface area contributed by atoms with Crippen molar-refractivity contribution in [2.75, 3.05) is 38.2 Å². The number of aromatic nitrogens is 1. The summed E-state index contributed by atoms with van der Waals surface area (Å²) in [5, 5.41) is 12.0. The zero-order valence-electron chi connectivity index (χ0n) is 15.4. The highest BCUT2D eigenvalue weighted by molar-refractivity contribution is 5.94. The van der Waals surface area contributed by atoms with Gasteiger partial charge in [0.1, 0.15) is 17.1 Å². The summed E-state index contributed by atoms with van der Waals surface area (Å²) in [6.45, 7) is 1.50. The Kier molecular flexibility index (Phi) is 4.80. The lowest BCUT2D eigenvalue weighted by Gasteiger charge is -2.35. The lowest BCUT2D eigenvalue weighted by Crippen LogP contribution is -2.47. The molecule has 9 heteroatoms. The van der Waals surface area contributed by atoms with Gasteiger partial charge in [-0.1, -0.05) is 0 Å². The lowest BCUT2D eigenvalue weighted by atomic mass is 10.1. The number of hydrogen-bond donors (Lipinski definition) is 2. The van der Waals surface area contributed by atoms with Gasteiger partial charge in [0.15, 0.2) is 5.82 Å². The van der Waals surface area contributed by atoms with E-state index in [9.17, 15) is 19.1 Å². The molecule has 1 saturated carbocycles. The molecule has 0 bridgehead atoms. The van der Waals surface area contributed by atoms with E-state index in [1.807, 2.05) is 0 Å². The second kappa shape index (κ2) is 7.14. The second-order valence-electron chi connectivity index (χ2n) is 7.23. The van der Waals surface area contributed by atoms with Gasteiger partial charge in [0.25, 0.3) is 0 Å². The van der Waals surface area contributed by atoms with Gasteiger partial charge in [0, 0.05) is 31.9 Å². The Balaban J connectivity index is 1.90. The molecule has 1 aromatic carbocycles. The molecule has 0 unspecified atom stereocenters. The van der Waals surface area contributed by atoms with E-state index in [1.54, 1.807) is 11.9 Å². The minimum Gasteiger partial charge on any atom is -0.477 e. The van der Waals surface area contributed by atoms with Crippen molar-refractivity contribution in [3.05, 3.63) is 39.7 Å². The predicted molar refractivity (Wildman–Crippen MR) is 99.2 cm³/mol. The number of carbonyl (C=O) groups is 1. The number of benzene rings is 1. The summed E-state index contributed by atoms with van der Waals surface area (Å²) < 4.78 is 37.5. The molecule has 2 fully saturated rings. The lowest BCUT2D eigenvalue weighted by molar-refractivity contribution is 0.0417. The number of hydrogen-bond acceptors (Lipinski definition) is 5. The van der Waals surface area contributed by atoms with E-state index in [-0.39, 0.29) is 28.7 Å². The molecular formula is C19H21F2N3O4. The fraction of sp³-hybridized carbons (Fsp3) is 0.474. The van der Waals surface area contributed by atoms with Gasteiger partial charge in [-0.2, -0.15) is 0 Å². The quantitative estimate of drug-likeness (QED) is 0.805. The van der Waals surface area contributed by atoms with Crippen LogP contribution in [0.2, 0.25) is 0 Å². The number of rotatable bonds is 5. The predicted octanol–water partition coefficient (Wildman–Crippen LogP) is 1.74. The molecule has 1 aliphatic heterocycles. The SMILES string of the molecule is CNC[C@H]1CN(c2c(F)cc3c(=O)c(C(=O)O)cn(C4CC4)c3c2F)CCO1. The van der Waals surface area contributed by atoms with Crippen molar-refractivity contribution in [3.63, 3.8) is 0 Å². The van der Waals surface area contributed by atoms with Crippen LogP contribution in [0.25, 0.3) is 10.9 Å². The Hall–Kier alpha value is -2.52. The van der Waals surface area contributed by atoms with Crippen molar-refractivity contribution in [1.82, 2.24) is 9.88 Å². The average molecular weight is 393 g/mol. The molecule has 28 heavy (non-hydrogen) atoms. The van der Waals surface area contributed by atoms with Gasteiger partial charge in [-0.3, -0.25) is 4.79 Å². The summed E-state index contributed by atoms with van der Waals surface area (Å²) in [5.41, 5.74) is -1.59. The maximum absolute atomic E-state index is 15.5. The molecular weight excluding hydrogens is 372 g/mol. The highest BCUT2D eigenvalue weighted by Gasteiger charge is 2.32. The molecule has 0 amide bonds. The molecule has 7 nitrogen and oxygen atoms in total. The molecule has 150 valence electrons. The number of morpholine rings is 1. The Labute approximate surface area is 159 Å². The van der Waals surface area contributed by atoms with E-state index in [1.165, 1.54) is 10.8 Å². The molecule has 2 aliphatic rings. The topological polar surface area (TPSA) is 83.8 Å². The first-order chi connectivity index (χ1) is 13.4. The van der Waals surface area contributed by atoms with Crippen LogP contribution >= 0.6 is 0 Å². The third-order valence-electron chi connectivity index (χ3n) is 5.24. The first kappa shape index (κ1) is 18.8. The maximum atomic E-state index is 15.5. The van der Waals surface area contributed by atoms with E-state index >= 15 is 4.39 Å². The first-order valence-electron chi connectivity index (χ1n) is 9.23. The van der Waals surface area contributed by atoms with Gasteiger partial charge in [-0.05, 0) is 26.0 Å². The zero-order chi connectivity index (χ0) is 20.0. The number of fused-ring (bicyclic) bond motifs is 1. The Morgan fingerprint density at radius 3 is 2.79 bits per heavy atom. The van der Waals surface area contributed by atoms with Gasteiger partial charge >= 0.3 is 5.97 Å². The monoisotopic (exact) mass is 393 g/mol.